The van der Waals surface area contributed by atoms with Crippen molar-refractivity contribution in [1.82, 2.24) is 5.32 Å². The molecule has 3 nitrogen and oxygen atoms in total. The number of fused-ring (bicyclic) bond motifs is 1. The average Bonchev–Trinajstić information content (AvgIpc) is 2.89. The van der Waals surface area contributed by atoms with Crippen molar-refractivity contribution in [2.45, 2.75) is 26.6 Å². The Bertz CT molecular complexity index is 992. The quantitative estimate of drug-likeness (QED) is 0.636. The maximum absolute atomic E-state index is 13.0. The maximum atomic E-state index is 13.0. The minimum absolute atomic E-state index is 0.0130. The van der Waals surface area contributed by atoms with E-state index >= 15 is 0 Å². The summed E-state index contributed by atoms with van der Waals surface area (Å²) in [6, 6.07) is 8.55. The van der Waals surface area contributed by atoms with Gasteiger partial charge < -0.3 is 9.73 Å². The summed E-state index contributed by atoms with van der Waals surface area (Å²) in [7, 11) is 0. The van der Waals surface area contributed by atoms with Crippen LogP contribution in [0.5, 0.6) is 0 Å². The first kappa shape index (κ1) is 18.3. The maximum Gasteiger partial charge on any atom is 0.416 e. The van der Waals surface area contributed by atoms with Crippen molar-refractivity contribution >= 4 is 28.5 Å². The molecule has 0 bridgehead atoms. The Hall–Kier alpha value is -2.47. The van der Waals surface area contributed by atoms with Gasteiger partial charge in [-0.05, 0) is 43.2 Å². The minimum atomic E-state index is -4.48. The van der Waals surface area contributed by atoms with Crippen LogP contribution in [-0.4, -0.2) is 5.91 Å². The molecule has 1 aromatic heterocycles. The SMILES string of the molecule is Cc1cc2oc(C(=O)NCc3ccccc3C(F)(F)F)c(C)c2cc1Cl. The number of carbonyl (C=O) groups excluding carboxylic acids is 1. The third kappa shape index (κ3) is 3.42. The van der Waals surface area contributed by atoms with Crippen LogP contribution in [-0.2, 0) is 12.7 Å². The predicted octanol–water partition coefficient (Wildman–Crippen LogP) is 5.65. The molecular weight excluding hydrogens is 367 g/mol. The van der Waals surface area contributed by atoms with E-state index in [1.807, 2.05) is 6.92 Å². The molecule has 1 amide bonds. The molecule has 0 aliphatic rings. The molecule has 0 saturated carbocycles. The van der Waals surface area contributed by atoms with E-state index in [4.69, 9.17) is 16.0 Å². The van der Waals surface area contributed by atoms with E-state index in [9.17, 15) is 18.0 Å². The lowest BCUT2D eigenvalue weighted by Crippen LogP contribution is -2.24. The van der Waals surface area contributed by atoms with Crippen LogP contribution in [0.1, 0.15) is 32.8 Å². The molecule has 3 aromatic rings. The van der Waals surface area contributed by atoms with Crippen LogP contribution < -0.4 is 5.32 Å². The highest BCUT2D eigenvalue weighted by Crippen LogP contribution is 2.32. The number of rotatable bonds is 3. The fraction of sp³-hybridized carbons (Fsp3) is 0.211. The summed E-state index contributed by atoms with van der Waals surface area (Å²) in [5.41, 5.74) is 1.11. The van der Waals surface area contributed by atoms with Gasteiger partial charge in [-0.1, -0.05) is 29.8 Å². The molecule has 0 saturated heterocycles. The number of carbonyl (C=O) groups is 1. The van der Waals surface area contributed by atoms with E-state index in [2.05, 4.69) is 5.32 Å². The van der Waals surface area contributed by atoms with Gasteiger partial charge in [0.2, 0.25) is 0 Å². The Morgan fingerprint density at radius 3 is 2.58 bits per heavy atom. The van der Waals surface area contributed by atoms with Gasteiger partial charge in [0.25, 0.3) is 5.91 Å². The first-order valence-electron chi connectivity index (χ1n) is 7.81. The predicted molar refractivity (Wildman–Crippen MR) is 93.3 cm³/mol. The number of amides is 1. The zero-order chi connectivity index (χ0) is 19.1. The van der Waals surface area contributed by atoms with E-state index in [1.54, 1.807) is 19.1 Å². The van der Waals surface area contributed by atoms with Crippen molar-refractivity contribution < 1.29 is 22.4 Å². The van der Waals surface area contributed by atoms with Crippen LogP contribution in [0.3, 0.4) is 0 Å². The molecule has 0 aliphatic carbocycles. The molecule has 0 spiro atoms. The van der Waals surface area contributed by atoms with Gasteiger partial charge in [-0.2, -0.15) is 13.2 Å². The summed E-state index contributed by atoms with van der Waals surface area (Å²) in [5.74, 6) is -0.518. The lowest BCUT2D eigenvalue weighted by atomic mass is 10.1. The number of halogens is 4. The zero-order valence-electron chi connectivity index (χ0n) is 14.0. The first-order chi connectivity index (χ1) is 12.2. The van der Waals surface area contributed by atoms with E-state index in [0.717, 1.165) is 11.6 Å². The number of furan rings is 1. The minimum Gasteiger partial charge on any atom is -0.451 e. The molecule has 3 rings (SSSR count). The van der Waals surface area contributed by atoms with Crippen molar-refractivity contribution in [3.8, 4) is 0 Å². The van der Waals surface area contributed by atoms with Gasteiger partial charge in [0.05, 0.1) is 5.56 Å². The Labute approximate surface area is 152 Å². The van der Waals surface area contributed by atoms with E-state index in [0.29, 0.717) is 21.6 Å². The topological polar surface area (TPSA) is 42.2 Å². The largest absolute Gasteiger partial charge is 0.451 e. The van der Waals surface area contributed by atoms with Crippen molar-refractivity contribution in [2.75, 3.05) is 0 Å². The monoisotopic (exact) mass is 381 g/mol. The van der Waals surface area contributed by atoms with Gasteiger partial charge in [0, 0.05) is 22.5 Å². The molecule has 2 aromatic carbocycles. The molecule has 0 aliphatic heterocycles. The molecule has 7 heteroatoms. The molecule has 0 unspecified atom stereocenters. The van der Waals surface area contributed by atoms with Crippen molar-refractivity contribution in [3.05, 3.63) is 69.4 Å². The number of hydrogen-bond acceptors (Lipinski definition) is 2. The lowest BCUT2D eigenvalue weighted by molar-refractivity contribution is -0.138. The van der Waals surface area contributed by atoms with E-state index < -0.39 is 17.6 Å². The third-order valence-corrected chi connectivity index (χ3v) is 4.59. The number of nitrogens with one attached hydrogen (secondary N) is 1. The van der Waals surface area contributed by atoms with Gasteiger partial charge in [-0.15, -0.1) is 0 Å². The second kappa shape index (κ2) is 6.68. The molecule has 26 heavy (non-hydrogen) atoms. The summed E-state index contributed by atoms with van der Waals surface area (Å²) in [4.78, 5) is 12.4. The molecular formula is C19H15ClF3NO2. The lowest BCUT2D eigenvalue weighted by Gasteiger charge is -2.12. The van der Waals surface area contributed by atoms with E-state index in [1.165, 1.54) is 18.2 Å². The molecule has 0 radical (unpaired) electrons. The smallest absolute Gasteiger partial charge is 0.416 e. The average molecular weight is 382 g/mol. The van der Waals surface area contributed by atoms with Gasteiger partial charge in [-0.25, -0.2) is 0 Å². The van der Waals surface area contributed by atoms with Crippen molar-refractivity contribution in [2.24, 2.45) is 0 Å². The number of aryl methyl sites for hydroxylation is 2. The van der Waals surface area contributed by atoms with E-state index in [-0.39, 0.29) is 17.9 Å². The standard InChI is InChI=1S/C19H15ClF3NO2/c1-10-7-16-13(8-15(10)20)11(2)17(26-16)18(25)24-9-12-5-3-4-6-14(12)19(21,22)23/h3-8H,9H2,1-2H3,(H,24,25). The summed E-state index contributed by atoms with van der Waals surface area (Å²) in [5, 5.41) is 3.74. The molecule has 0 fully saturated rings. The Balaban J connectivity index is 1.86. The summed E-state index contributed by atoms with van der Waals surface area (Å²) in [6.45, 7) is 3.26. The van der Waals surface area contributed by atoms with Crippen molar-refractivity contribution in [1.29, 1.82) is 0 Å². The third-order valence-electron chi connectivity index (χ3n) is 4.19. The van der Waals surface area contributed by atoms with Crippen LogP contribution in [0.2, 0.25) is 5.02 Å². The fourth-order valence-corrected chi connectivity index (χ4v) is 2.93. The van der Waals surface area contributed by atoms with Gasteiger partial charge in [0.1, 0.15) is 5.58 Å². The van der Waals surface area contributed by atoms with Crippen LogP contribution in [0.25, 0.3) is 11.0 Å². The summed E-state index contributed by atoms with van der Waals surface area (Å²) >= 11 is 6.10. The normalized spacial score (nSPS) is 11.8. The van der Waals surface area contributed by atoms with Crippen LogP contribution >= 0.6 is 11.6 Å². The van der Waals surface area contributed by atoms with Crippen molar-refractivity contribution in [3.63, 3.8) is 0 Å². The van der Waals surface area contributed by atoms with Gasteiger partial charge >= 0.3 is 6.18 Å². The highest BCUT2D eigenvalue weighted by atomic mass is 35.5. The van der Waals surface area contributed by atoms with Gasteiger partial charge in [0.15, 0.2) is 5.76 Å². The highest BCUT2D eigenvalue weighted by molar-refractivity contribution is 6.32. The first-order valence-corrected chi connectivity index (χ1v) is 8.19. The second-order valence-corrected chi connectivity index (χ2v) is 6.40. The molecule has 0 atom stereocenters. The second-order valence-electron chi connectivity index (χ2n) is 5.99. The van der Waals surface area contributed by atoms with Crippen LogP contribution in [0.4, 0.5) is 13.2 Å². The number of benzene rings is 2. The highest BCUT2D eigenvalue weighted by Gasteiger charge is 2.33. The summed E-state index contributed by atoms with van der Waals surface area (Å²) in [6.07, 6.45) is -4.48. The number of hydrogen-bond donors (Lipinski definition) is 1. The van der Waals surface area contributed by atoms with Gasteiger partial charge in [-0.3, -0.25) is 4.79 Å². The number of alkyl halides is 3. The molecule has 1 heterocycles. The molecule has 1 N–H and O–H groups in total. The summed E-state index contributed by atoms with van der Waals surface area (Å²) < 4.78 is 44.7. The Morgan fingerprint density at radius 2 is 1.88 bits per heavy atom. The van der Waals surface area contributed by atoms with Crippen LogP contribution in [0, 0.1) is 13.8 Å². The Kier molecular flexibility index (Phi) is 4.71. The van der Waals surface area contributed by atoms with Crippen LogP contribution in [0.15, 0.2) is 40.8 Å². The Morgan fingerprint density at radius 1 is 1.19 bits per heavy atom. The zero-order valence-corrected chi connectivity index (χ0v) is 14.8. The molecule has 136 valence electrons. The fourth-order valence-electron chi connectivity index (χ4n) is 2.76.